The van der Waals surface area contributed by atoms with Gasteiger partial charge in [0.05, 0.1) is 23.5 Å². The second-order valence-corrected chi connectivity index (χ2v) is 6.69. The Bertz CT molecular complexity index is 807. The molecule has 2 aromatic heterocycles. The first-order valence-corrected chi connectivity index (χ1v) is 8.35. The van der Waals surface area contributed by atoms with Crippen LogP contribution in [0.3, 0.4) is 0 Å². The highest BCUT2D eigenvalue weighted by atomic mass is 32.1. The number of hydrogen-bond acceptors (Lipinski definition) is 5. The van der Waals surface area contributed by atoms with Crippen molar-refractivity contribution in [1.29, 1.82) is 0 Å². The van der Waals surface area contributed by atoms with Gasteiger partial charge in [-0.3, -0.25) is 0 Å². The summed E-state index contributed by atoms with van der Waals surface area (Å²) >= 11 is 1.67. The summed E-state index contributed by atoms with van der Waals surface area (Å²) in [5, 5.41) is 5.39. The van der Waals surface area contributed by atoms with Crippen molar-refractivity contribution in [2.45, 2.75) is 13.0 Å². The van der Waals surface area contributed by atoms with Crippen molar-refractivity contribution in [2.24, 2.45) is 7.05 Å². The van der Waals surface area contributed by atoms with Gasteiger partial charge in [0.25, 0.3) is 0 Å². The lowest BCUT2D eigenvalue weighted by molar-refractivity contribution is 0.0397. The molecule has 0 amide bonds. The van der Waals surface area contributed by atoms with Crippen LogP contribution >= 0.6 is 11.3 Å². The first kappa shape index (κ1) is 14.6. The Morgan fingerprint density at radius 2 is 2.09 bits per heavy atom. The number of thiazole rings is 1. The summed E-state index contributed by atoms with van der Waals surface area (Å²) < 4.78 is 21.9. The SMILES string of the molecule is Cc1nn(C)c2nc(N3CCO[C@@H](c4ccc(F)cc4)C3)sc12. The number of morpholine rings is 1. The summed E-state index contributed by atoms with van der Waals surface area (Å²) in [7, 11) is 1.92. The van der Waals surface area contributed by atoms with Gasteiger partial charge in [0.15, 0.2) is 10.8 Å². The molecule has 7 heteroatoms. The zero-order valence-electron chi connectivity index (χ0n) is 13.0. The van der Waals surface area contributed by atoms with E-state index in [1.54, 1.807) is 23.5 Å². The van der Waals surface area contributed by atoms with Crippen LogP contribution in [0.2, 0.25) is 0 Å². The number of rotatable bonds is 2. The minimum atomic E-state index is -0.226. The molecule has 1 aliphatic rings. The van der Waals surface area contributed by atoms with Crippen LogP contribution in [-0.2, 0) is 11.8 Å². The summed E-state index contributed by atoms with van der Waals surface area (Å²) in [6, 6.07) is 6.53. The third kappa shape index (κ3) is 2.60. The second kappa shape index (κ2) is 5.58. The number of anilines is 1. The molecule has 23 heavy (non-hydrogen) atoms. The van der Waals surface area contributed by atoms with Gasteiger partial charge in [-0.05, 0) is 24.6 Å². The van der Waals surface area contributed by atoms with E-state index in [4.69, 9.17) is 9.72 Å². The van der Waals surface area contributed by atoms with Gasteiger partial charge in [0.1, 0.15) is 11.9 Å². The van der Waals surface area contributed by atoms with Gasteiger partial charge in [-0.1, -0.05) is 23.5 Å². The zero-order chi connectivity index (χ0) is 16.0. The Morgan fingerprint density at radius 1 is 1.30 bits per heavy atom. The highest BCUT2D eigenvalue weighted by Crippen LogP contribution is 2.33. The third-order valence-corrected chi connectivity index (χ3v) is 5.33. The lowest BCUT2D eigenvalue weighted by Crippen LogP contribution is -2.38. The maximum atomic E-state index is 13.1. The Morgan fingerprint density at radius 3 is 2.83 bits per heavy atom. The third-order valence-electron chi connectivity index (χ3n) is 4.11. The van der Waals surface area contributed by atoms with E-state index in [1.807, 2.05) is 18.7 Å². The summed E-state index contributed by atoms with van der Waals surface area (Å²) in [5.74, 6) is -0.226. The van der Waals surface area contributed by atoms with Crippen LogP contribution < -0.4 is 4.90 Å². The minimum Gasteiger partial charge on any atom is -0.370 e. The van der Waals surface area contributed by atoms with Crippen LogP contribution in [0.25, 0.3) is 10.3 Å². The molecule has 1 saturated heterocycles. The lowest BCUT2D eigenvalue weighted by atomic mass is 10.1. The molecule has 4 rings (SSSR count). The topological polar surface area (TPSA) is 43.2 Å². The molecular weight excluding hydrogens is 315 g/mol. The normalized spacial score (nSPS) is 18.7. The highest BCUT2D eigenvalue weighted by molar-refractivity contribution is 7.22. The number of aryl methyl sites for hydroxylation is 2. The van der Waals surface area contributed by atoms with Gasteiger partial charge in [-0.15, -0.1) is 0 Å². The molecule has 0 radical (unpaired) electrons. The molecule has 3 aromatic rings. The predicted octanol–water partition coefficient (Wildman–Crippen LogP) is 3.06. The summed E-state index contributed by atoms with van der Waals surface area (Å²) in [5.41, 5.74) is 2.93. The smallest absolute Gasteiger partial charge is 0.188 e. The van der Waals surface area contributed by atoms with Crippen LogP contribution in [0.1, 0.15) is 17.4 Å². The van der Waals surface area contributed by atoms with Crippen LogP contribution in [0.4, 0.5) is 9.52 Å². The van der Waals surface area contributed by atoms with Crippen molar-refractivity contribution in [3.05, 3.63) is 41.3 Å². The molecular formula is C16H17FN4OS. The van der Waals surface area contributed by atoms with Crippen molar-refractivity contribution < 1.29 is 9.13 Å². The summed E-state index contributed by atoms with van der Waals surface area (Å²) in [4.78, 5) is 6.97. The van der Waals surface area contributed by atoms with Gasteiger partial charge in [0.2, 0.25) is 0 Å². The van der Waals surface area contributed by atoms with E-state index >= 15 is 0 Å². The first-order valence-electron chi connectivity index (χ1n) is 7.54. The molecule has 1 atom stereocenters. The second-order valence-electron chi connectivity index (χ2n) is 5.72. The Kier molecular flexibility index (Phi) is 3.54. The number of aromatic nitrogens is 3. The van der Waals surface area contributed by atoms with E-state index in [9.17, 15) is 4.39 Å². The van der Waals surface area contributed by atoms with E-state index < -0.39 is 0 Å². The maximum absolute atomic E-state index is 13.1. The zero-order valence-corrected chi connectivity index (χ0v) is 13.8. The van der Waals surface area contributed by atoms with Gasteiger partial charge in [0, 0.05) is 13.6 Å². The number of nitrogens with zero attached hydrogens (tertiary/aromatic N) is 4. The predicted molar refractivity (Wildman–Crippen MR) is 88.4 cm³/mol. The lowest BCUT2D eigenvalue weighted by Gasteiger charge is -2.32. The molecule has 0 unspecified atom stereocenters. The number of benzene rings is 1. The fourth-order valence-corrected chi connectivity index (χ4v) is 3.98. The molecule has 120 valence electrons. The fourth-order valence-electron chi connectivity index (χ4n) is 2.91. The van der Waals surface area contributed by atoms with Gasteiger partial charge < -0.3 is 9.64 Å². The highest BCUT2D eigenvalue weighted by Gasteiger charge is 2.25. The van der Waals surface area contributed by atoms with Crippen molar-refractivity contribution in [3.8, 4) is 0 Å². The number of hydrogen-bond donors (Lipinski definition) is 0. The first-order chi connectivity index (χ1) is 11.1. The van der Waals surface area contributed by atoms with E-state index in [0.717, 1.165) is 39.8 Å². The van der Waals surface area contributed by atoms with Gasteiger partial charge in [-0.25, -0.2) is 14.1 Å². The molecule has 0 aliphatic carbocycles. The largest absolute Gasteiger partial charge is 0.370 e. The Labute approximate surface area is 137 Å². The van der Waals surface area contributed by atoms with Crippen molar-refractivity contribution >= 4 is 26.8 Å². The minimum absolute atomic E-state index is 0.0596. The summed E-state index contributed by atoms with van der Waals surface area (Å²) in [6.07, 6.45) is -0.0596. The van der Waals surface area contributed by atoms with E-state index in [-0.39, 0.29) is 11.9 Å². The molecule has 0 saturated carbocycles. The Balaban J connectivity index is 1.60. The quantitative estimate of drug-likeness (QED) is 0.723. The van der Waals surface area contributed by atoms with Crippen molar-refractivity contribution in [3.63, 3.8) is 0 Å². The monoisotopic (exact) mass is 332 g/mol. The average molecular weight is 332 g/mol. The van der Waals surface area contributed by atoms with E-state index in [1.165, 1.54) is 12.1 Å². The van der Waals surface area contributed by atoms with Crippen LogP contribution in [-0.4, -0.2) is 34.5 Å². The number of fused-ring (bicyclic) bond motifs is 1. The molecule has 1 aromatic carbocycles. The molecule has 1 fully saturated rings. The van der Waals surface area contributed by atoms with Gasteiger partial charge in [-0.2, -0.15) is 5.10 Å². The van der Waals surface area contributed by atoms with Gasteiger partial charge >= 0.3 is 0 Å². The standard InChI is InChI=1S/C16H17FN4OS/c1-10-14-15(20(2)19-10)18-16(23-14)21-7-8-22-13(9-21)11-3-5-12(17)6-4-11/h3-6,13H,7-9H2,1-2H3/t13-/m1/s1. The van der Waals surface area contributed by atoms with E-state index in [0.29, 0.717) is 6.61 Å². The summed E-state index contributed by atoms with van der Waals surface area (Å²) in [6.45, 7) is 4.17. The van der Waals surface area contributed by atoms with Crippen LogP contribution in [0, 0.1) is 12.7 Å². The van der Waals surface area contributed by atoms with Crippen molar-refractivity contribution in [2.75, 3.05) is 24.6 Å². The average Bonchev–Trinajstić information content (AvgIpc) is 3.10. The number of halogens is 1. The van der Waals surface area contributed by atoms with Crippen LogP contribution in [0.5, 0.6) is 0 Å². The molecule has 1 aliphatic heterocycles. The number of ether oxygens (including phenoxy) is 1. The molecule has 3 heterocycles. The van der Waals surface area contributed by atoms with E-state index in [2.05, 4.69) is 10.00 Å². The maximum Gasteiger partial charge on any atom is 0.188 e. The fraction of sp³-hybridized carbons (Fsp3) is 0.375. The van der Waals surface area contributed by atoms with Crippen LogP contribution in [0.15, 0.2) is 24.3 Å². The Hall–Kier alpha value is -1.99. The van der Waals surface area contributed by atoms with Crippen molar-refractivity contribution in [1.82, 2.24) is 14.8 Å². The molecule has 0 bridgehead atoms. The molecule has 0 N–H and O–H groups in total. The molecule has 5 nitrogen and oxygen atoms in total. The molecule has 0 spiro atoms.